The Morgan fingerprint density at radius 2 is 2.23 bits per heavy atom. The van der Waals surface area contributed by atoms with Gasteiger partial charge in [-0.3, -0.25) is 9.59 Å². The van der Waals surface area contributed by atoms with Gasteiger partial charge in [0.1, 0.15) is 5.76 Å². The third-order valence-electron chi connectivity index (χ3n) is 4.44. The number of nitrogens with one attached hydrogen (secondary N) is 1. The summed E-state index contributed by atoms with van der Waals surface area (Å²) in [5, 5.41) is 7.36. The number of amides is 2. The van der Waals surface area contributed by atoms with E-state index in [1.54, 1.807) is 11.0 Å². The van der Waals surface area contributed by atoms with Crippen molar-refractivity contribution in [2.24, 2.45) is 0 Å². The molecule has 2 aromatic rings. The molecule has 2 heterocycles. The zero-order chi connectivity index (χ0) is 18.7. The number of halogens is 1. The molecule has 0 bridgehead atoms. The van der Waals surface area contributed by atoms with E-state index in [0.29, 0.717) is 30.3 Å². The van der Waals surface area contributed by atoms with Crippen molar-refractivity contribution in [1.29, 1.82) is 0 Å². The van der Waals surface area contributed by atoms with Crippen molar-refractivity contribution >= 4 is 23.4 Å². The number of nitrogens with zero attached hydrogens (tertiary/aromatic N) is 2. The lowest BCUT2D eigenvalue weighted by Crippen LogP contribution is -2.37. The first-order valence-electron chi connectivity index (χ1n) is 8.72. The first kappa shape index (κ1) is 18.5. The Balaban J connectivity index is 1.53. The minimum atomic E-state index is -0.310. The smallest absolute Gasteiger partial charge is 0.273 e. The van der Waals surface area contributed by atoms with Gasteiger partial charge in [-0.15, -0.1) is 0 Å². The molecule has 26 heavy (non-hydrogen) atoms. The molecule has 1 aromatic heterocycles. The van der Waals surface area contributed by atoms with E-state index in [-0.39, 0.29) is 29.5 Å². The molecule has 1 fully saturated rings. The van der Waals surface area contributed by atoms with E-state index in [1.807, 2.05) is 38.1 Å². The molecule has 0 radical (unpaired) electrons. The van der Waals surface area contributed by atoms with E-state index in [9.17, 15) is 9.59 Å². The Morgan fingerprint density at radius 1 is 1.42 bits per heavy atom. The third kappa shape index (κ3) is 4.43. The van der Waals surface area contributed by atoms with Crippen LogP contribution < -0.4 is 5.32 Å². The molecule has 2 amide bonds. The van der Waals surface area contributed by atoms with Crippen LogP contribution in [0.15, 0.2) is 34.9 Å². The van der Waals surface area contributed by atoms with Crippen LogP contribution in [0.2, 0.25) is 5.02 Å². The Hall–Kier alpha value is -2.34. The van der Waals surface area contributed by atoms with Crippen LogP contribution in [0.5, 0.6) is 0 Å². The van der Waals surface area contributed by atoms with Crippen LogP contribution in [0.1, 0.15) is 48.0 Å². The van der Waals surface area contributed by atoms with Gasteiger partial charge in [-0.05, 0) is 24.1 Å². The van der Waals surface area contributed by atoms with Crippen molar-refractivity contribution < 1.29 is 14.1 Å². The second-order valence-electron chi connectivity index (χ2n) is 6.86. The van der Waals surface area contributed by atoms with Gasteiger partial charge in [-0.1, -0.05) is 42.7 Å². The summed E-state index contributed by atoms with van der Waals surface area (Å²) in [4.78, 5) is 26.3. The van der Waals surface area contributed by atoms with Crippen molar-refractivity contribution in [3.05, 3.63) is 52.4 Å². The molecule has 1 aliphatic heterocycles. The molecular formula is C19H22ClN3O3. The molecule has 1 aliphatic rings. The topological polar surface area (TPSA) is 75.4 Å². The predicted octanol–water partition coefficient (Wildman–Crippen LogP) is 3.02. The number of carbonyl (C=O) groups is 2. The van der Waals surface area contributed by atoms with Crippen LogP contribution in [0.4, 0.5) is 0 Å². The van der Waals surface area contributed by atoms with E-state index >= 15 is 0 Å². The number of aromatic nitrogens is 1. The number of benzene rings is 1. The standard InChI is InChI=1S/C19H22ClN3O3/c1-12(2)17-10-16(22-26-17)19(25)21-15-9-18(24)23(11-15)7-6-13-4-3-5-14(20)8-13/h3-5,8,10,12,15H,6-7,9,11H2,1-2H3,(H,21,25). The first-order chi connectivity index (χ1) is 12.4. The van der Waals surface area contributed by atoms with Gasteiger partial charge in [0, 0.05) is 36.5 Å². The highest BCUT2D eigenvalue weighted by Crippen LogP contribution is 2.17. The van der Waals surface area contributed by atoms with Crippen molar-refractivity contribution in [3.8, 4) is 0 Å². The molecule has 6 nitrogen and oxygen atoms in total. The quantitative estimate of drug-likeness (QED) is 0.842. The van der Waals surface area contributed by atoms with Gasteiger partial charge in [0.25, 0.3) is 5.91 Å². The Bertz CT molecular complexity index is 803. The summed E-state index contributed by atoms with van der Waals surface area (Å²) in [5.74, 6) is 0.565. The van der Waals surface area contributed by atoms with Gasteiger partial charge < -0.3 is 14.7 Å². The Morgan fingerprint density at radius 3 is 2.92 bits per heavy atom. The fourth-order valence-corrected chi connectivity index (χ4v) is 3.18. The summed E-state index contributed by atoms with van der Waals surface area (Å²) in [7, 11) is 0. The fraction of sp³-hybridized carbons (Fsp3) is 0.421. The molecule has 1 unspecified atom stereocenters. The van der Waals surface area contributed by atoms with Crippen LogP contribution in [-0.4, -0.2) is 41.0 Å². The van der Waals surface area contributed by atoms with E-state index in [0.717, 1.165) is 12.0 Å². The summed E-state index contributed by atoms with van der Waals surface area (Å²) in [6.07, 6.45) is 1.03. The second kappa shape index (κ2) is 7.91. The van der Waals surface area contributed by atoms with Gasteiger partial charge in [-0.2, -0.15) is 0 Å². The van der Waals surface area contributed by atoms with Crippen molar-refractivity contribution in [2.45, 2.75) is 38.6 Å². The molecule has 1 saturated heterocycles. The van der Waals surface area contributed by atoms with Crippen LogP contribution in [0.3, 0.4) is 0 Å². The maximum Gasteiger partial charge on any atom is 0.273 e. The summed E-state index contributed by atoms with van der Waals surface area (Å²) in [5.41, 5.74) is 1.33. The summed E-state index contributed by atoms with van der Waals surface area (Å²) in [6, 6.07) is 9.05. The van der Waals surface area contributed by atoms with Crippen LogP contribution in [0, 0.1) is 0 Å². The predicted molar refractivity (Wildman–Crippen MR) is 98.2 cm³/mol. The molecule has 1 N–H and O–H groups in total. The SMILES string of the molecule is CC(C)c1cc(C(=O)NC2CC(=O)N(CCc3cccc(Cl)c3)C2)no1. The Labute approximate surface area is 157 Å². The van der Waals surface area contributed by atoms with E-state index < -0.39 is 0 Å². The molecule has 0 spiro atoms. The maximum absolute atomic E-state index is 12.3. The zero-order valence-electron chi connectivity index (χ0n) is 14.9. The minimum absolute atomic E-state index is 0.0420. The van der Waals surface area contributed by atoms with Gasteiger partial charge in [-0.25, -0.2) is 0 Å². The van der Waals surface area contributed by atoms with Gasteiger partial charge in [0.2, 0.25) is 5.91 Å². The lowest BCUT2D eigenvalue weighted by molar-refractivity contribution is -0.127. The summed E-state index contributed by atoms with van der Waals surface area (Å²) in [6.45, 7) is 5.04. The van der Waals surface area contributed by atoms with Gasteiger partial charge >= 0.3 is 0 Å². The monoisotopic (exact) mass is 375 g/mol. The lowest BCUT2D eigenvalue weighted by atomic mass is 10.1. The summed E-state index contributed by atoms with van der Waals surface area (Å²) < 4.78 is 5.15. The van der Waals surface area contributed by atoms with Crippen LogP contribution in [-0.2, 0) is 11.2 Å². The number of hydrogen-bond donors (Lipinski definition) is 1. The first-order valence-corrected chi connectivity index (χ1v) is 9.10. The minimum Gasteiger partial charge on any atom is -0.360 e. The average molecular weight is 376 g/mol. The molecule has 3 rings (SSSR count). The second-order valence-corrected chi connectivity index (χ2v) is 7.30. The van der Waals surface area contributed by atoms with Gasteiger partial charge in [0.15, 0.2) is 5.69 Å². The third-order valence-corrected chi connectivity index (χ3v) is 4.67. The molecular weight excluding hydrogens is 354 g/mol. The number of likely N-dealkylation sites (tertiary alicyclic amines) is 1. The van der Waals surface area contributed by atoms with Crippen LogP contribution >= 0.6 is 11.6 Å². The van der Waals surface area contributed by atoms with Gasteiger partial charge in [0.05, 0.1) is 6.04 Å². The molecule has 1 aromatic carbocycles. The average Bonchev–Trinajstić information content (AvgIpc) is 3.20. The summed E-state index contributed by atoms with van der Waals surface area (Å²) >= 11 is 5.99. The normalized spacial score (nSPS) is 17.2. The zero-order valence-corrected chi connectivity index (χ0v) is 15.6. The number of rotatable bonds is 6. The van der Waals surface area contributed by atoms with Crippen LogP contribution in [0.25, 0.3) is 0 Å². The highest BCUT2D eigenvalue weighted by Gasteiger charge is 2.31. The van der Waals surface area contributed by atoms with Crippen molar-refractivity contribution in [2.75, 3.05) is 13.1 Å². The molecule has 0 saturated carbocycles. The highest BCUT2D eigenvalue weighted by molar-refractivity contribution is 6.30. The van der Waals surface area contributed by atoms with E-state index in [2.05, 4.69) is 10.5 Å². The van der Waals surface area contributed by atoms with E-state index in [4.69, 9.17) is 16.1 Å². The fourth-order valence-electron chi connectivity index (χ4n) is 2.97. The van der Waals surface area contributed by atoms with E-state index in [1.165, 1.54) is 0 Å². The molecule has 7 heteroatoms. The molecule has 0 aliphatic carbocycles. The number of hydrogen-bond acceptors (Lipinski definition) is 4. The van der Waals surface area contributed by atoms with Crippen molar-refractivity contribution in [1.82, 2.24) is 15.4 Å². The largest absolute Gasteiger partial charge is 0.360 e. The maximum atomic E-state index is 12.3. The molecule has 1 atom stereocenters. The Kier molecular flexibility index (Phi) is 5.61. The highest BCUT2D eigenvalue weighted by atomic mass is 35.5. The lowest BCUT2D eigenvalue weighted by Gasteiger charge is -2.17. The number of carbonyl (C=O) groups excluding carboxylic acids is 2. The van der Waals surface area contributed by atoms with Crippen molar-refractivity contribution in [3.63, 3.8) is 0 Å². The molecule has 138 valence electrons.